The van der Waals surface area contributed by atoms with Crippen molar-refractivity contribution in [3.63, 3.8) is 0 Å². The molecule has 0 bridgehead atoms. The summed E-state index contributed by atoms with van der Waals surface area (Å²) in [7, 11) is -3.66. The van der Waals surface area contributed by atoms with E-state index in [0.717, 1.165) is 11.1 Å². The number of hydrogen-bond acceptors (Lipinski definition) is 3. The summed E-state index contributed by atoms with van der Waals surface area (Å²) in [6.07, 6.45) is 5.14. The second-order valence-electron chi connectivity index (χ2n) is 3.98. The Morgan fingerprint density at radius 2 is 1.88 bits per heavy atom. The standard InChI is InChI=1S/C12H16N2O2S/c1-5-10(4)14-17(15,16)12-7-9(3)8(2)6-11(12)13/h1,6-7,10,14H,13H2,2-4H3. The van der Waals surface area contributed by atoms with Crippen LogP contribution in [0.2, 0.25) is 0 Å². The molecule has 4 nitrogen and oxygen atoms in total. The molecule has 0 aliphatic rings. The summed E-state index contributed by atoms with van der Waals surface area (Å²) >= 11 is 0. The van der Waals surface area contributed by atoms with Crippen LogP contribution in [0.25, 0.3) is 0 Å². The van der Waals surface area contributed by atoms with Crippen LogP contribution in [0.1, 0.15) is 18.1 Å². The van der Waals surface area contributed by atoms with Crippen molar-refractivity contribution in [1.29, 1.82) is 0 Å². The summed E-state index contributed by atoms with van der Waals surface area (Å²) in [5.74, 6) is 2.31. The summed E-state index contributed by atoms with van der Waals surface area (Å²) in [6.45, 7) is 5.30. The maximum absolute atomic E-state index is 12.0. The van der Waals surface area contributed by atoms with Gasteiger partial charge in [0.2, 0.25) is 10.0 Å². The van der Waals surface area contributed by atoms with E-state index in [2.05, 4.69) is 10.6 Å². The number of terminal acetylenes is 1. The lowest BCUT2D eigenvalue weighted by Crippen LogP contribution is -2.32. The molecule has 1 aromatic rings. The molecular formula is C12H16N2O2S. The number of hydrogen-bond donors (Lipinski definition) is 2. The summed E-state index contributed by atoms with van der Waals surface area (Å²) in [5.41, 5.74) is 7.77. The van der Waals surface area contributed by atoms with Crippen molar-refractivity contribution < 1.29 is 8.42 Å². The van der Waals surface area contributed by atoms with E-state index in [4.69, 9.17) is 12.2 Å². The molecule has 0 saturated carbocycles. The number of benzene rings is 1. The minimum atomic E-state index is -3.66. The molecular weight excluding hydrogens is 236 g/mol. The average molecular weight is 252 g/mol. The Bertz CT molecular complexity index is 571. The maximum atomic E-state index is 12.0. The third-order valence-electron chi connectivity index (χ3n) is 2.50. The van der Waals surface area contributed by atoms with Gasteiger partial charge in [-0.15, -0.1) is 6.42 Å². The number of aryl methyl sites for hydroxylation is 2. The molecule has 0 fully saturated rings. The Morgan fingerprint density at radius 1 is 1.35 bits per heavy atom. The van der Waals surface area contributed by atoms with E-state index in [1.807, 2.05) is 13.8 Å². The SMILES string of the molecule is C#CC(C)NS(=O)(=O)c1cc(C)c(C)cc1N. The highest BCUT2D eigenvalue weighted by Crippen LogP contribution is 2.22. The number of nitrogens with two attached hydrogens (primary N) is 1. The summed E-state index contributed by atoms with van der Waals surface area (Å²) in [5, 5.41) is 0. The lowest BCUT2D eigenvalue weighted by atomic mass is 10.1. The van der Waals surface area contributed by atoms with Gasteiger partial charge >= 0.3 is 0 Å². The molecule has 0 spiro atoms. The quantitative estimate of drug-likeness (QED) is 0.627. The van der Waals surface area contributed by atoms with E-state index in [1.54, 1.807) is 19.1 Å². The van der Waals surface area contributed by atoms with E-state index in [9.17, 15) is 8.42 Å². The van der Waals surface area contributed by atoms with Crippen molar-refractivity contribution in [3.8, 4) is 12.3 Å². The van der Waals surface area contributed by atoms with Crippen LogP contribution in [-0.4, -0.2) is 14.5 Å². The van der Waals surface area contributed by atoms with Gasteiger partial charge in [0.05, 0.1) is 11.7 Å². The molecule has 1 rings (SSSR count). The van der Waals surface area contributed by atoms with E-state index >= 15 is 0 Å². The molecule has 0 saturated heterocycles. The highest BCUT2D eigenvalue weighted by molar-refractivity contribution is 7.89. The van der Waals surface area contributed by atoms with E-state index in [0.29, 0.717) is 0 Å². The average Bonchev–Trinajstić information content (AvgIpc) is 2.22. The summed E-state index contributed by atoms with van der Waals surface area (Å²) in [4.78, 5) is 0.0719. The van der Waals surface area contributed by atoms with Gasteiger partial charge in [-0.2, -0.15) is 4.72 Å². The Morgan fingerprint density at radius 3 is 2.41 bits per heavy atom. The first kappa shape index (κ1) is 13.6. The fraction of sp³-hybridized carbons (Fsp3) is 0.333. The Hall–Kier alpha value is -1.51. The van der Waals surface area contributed by atoms with E-state index in [1.165, 1.54) is 0 Å². The van der Waals surface area contributed by atoms with Crippen LogP contribution in [0.4, 0.5) is 5.69 Å². The molecule has 1 atom stereocenters. The number of rotatable bonds is 3. The monoisotopic (exact) mass is 252 g/mol. The van der Waals surface area contributed by atoms with Crippen LogP contribution < -0.4 is 10.5 Å². The van der Waals surface area contributed by atoms with Gasteiger partial charge in [-0.3, -0.25) is 0 Å². The predicted molar refractivity (Wildman–Crippen MR) is 68.9 cm³/mol. The molecule has 92 valence electrons. The third kappa shape index (κ3) is 2.99. The second kappa shape index (κ2) is 4.78. The lowest BCUT2D eigenvalue weighted by Gasteiger charge is -2.12. The molecule has 0 radical (unpaired) electrons. The fourth-order valence-corrected chi connectivity index (χ4v) is 2.74. The van der Waals surface area contributed by atoms with Gasteiger partial charge in [0.1, 0.15) is 4.90 Å². The van der Waals surface area contributed by atoms with Gasteiger partial charge in [0.15, 0.2) is 0 Å². The smallest absolute Gasteiger partial charge is 0.243 e. The zero-order valence-corrected chi connectivity index (χ0v) is 10.9. The lowest BCUT2D eigenvalue weighted by molar-refractivity contribution is 0.578. The molecule has 0 heterocycles. The third-order valence-corrected chi connectivity index (χ3v) is 4.09. The molecule has 0 aliphatic heterocycles. The zero-order valence-electron chi connectivity index (χ0n) is 10.1. The second-order valence-corrected chi connectivity index (χ2v) is 5.67. The van der Waals surface area contributed by atoms with Crippen LogP contribution in [0, 0.1) is 26.2 Å². The molecule has 0 aromatic heterocycles. The number of anilines is 1. The minimum absolute atomic E-state index is 0.0719. The predicted octanol–water partition coefficient (Wildman–Crippen LogP) is 1.19. The molecule has 1 aromatic carbocycles. The fourth-order valence-electron chi connectivity index (χ4n) is 1.37. The van der Waals surface area contributed by atoms with Crippen LogP contribution >= 0.6 is 0 Å². The van der Waals surface area contributed by atoms with Crippen LogP contribution in [0.3, 0.4) is 0 Å². The first-order valence-electron chi connectivity index (χ1n) is 5.13. The summed E-state index contributed by atoms with van der Waals surface area (Å²) in [6, 6.07) is 2.63. The van der Waals surface area contributed by atoms with E-state index in [-0.39, 0.29) is 10.6 Å². The van der Waals surface area contributed by atoms with Gasteiger partial charge in [-0.1, -0.05) is 5.92 Å². The van der Waals surface area contributed by atoms with Gasteiger partial charge in [-0.05, 0) is 44.0 Å². The molecule has 17 heavy (non-hydrogen) atoms. The summed E-state index contributed by atoms with van der Waals surface area (Å²) < 4.78 is 26.4. The van der Waals surface area contributed by atoms with Crippen LogP contribution in [-0.2, 0) is 10.0 Å². The number of nitrogen functional groups attached to an aromatic ring is 1. The van der Waals surface area contributed by atoms with Crippen molar-refractivity contribution in [3.05, 3.63) is 23.3 Å². The first-order chi connectivity index (χ1) is 7.77. The Kier molecular flexibility index (Phi) is 3.81. The molecule has 0 amide bonds. The van der Waals surface area contributed by atoms with Crippen molar-refractivity contribution in [2.24, 2.45) is 0 Å². The van der Waals surface area contributed by atoms with Gasteiger partial charge in [0, 0.05) is 0 Å². The zero-order chi connectivity index (χ0) is 13.2. The van der Waals surface area contributed by atoms with Gasteiger partial charge in [-0.25, -0.2) is 8.42 Å². The van der Waals surface area contributed by atoms with Gasteiger partial charge < -0.3 is 5.73 Å². The molecule has 0 aliphatic carbocycles. The molecule has 3 N–H and O–H groups in total. The highest BCUT2D eigenvalue weighted by atomic mass is 32.2. The van der Waals surface area contributed by atoms with E-state index < -0.39 is 16.1 Å². The number of sulfonamides is 1. The van der Waals surface area contributed by atoms with Crippen molar-refractivity contribution in [2.75, 3.05) is 5.73 Å². The molecule has 1 unspecified atom stereocenters. The topological polar surface area (TPSA) is 72.2 Å². The van der Waals surface area contributed by atoms with Crippen LogP contribution in [0.5, 0.6) is 0 Å². The van der Waals surface area contributed by atoms with Gasteiger partial charge in [0.25, 0.3) is 0 Å². The Labute approximate surface area is 102 Å². The molecule has 5 heteroatoms. The highest BCUT2D eigenvalue weighted by Gasteiger charge is 2.19. The first-order valence-corrected chi connectivity index (χ1v) is 6.61. The van der Waals surface area contributed by atoms with Crippen molar-refractivity contribution >= 4 is 15.7 Å². The Balaban J connectivity index is 3.26. The van der Waals surface area contributed by atoms with Crippen molar-refractivity contribution in [2.45, 2.75) is 31.7 Å². The largest absolute Gasteiger partial charge is 0.398 e. The minimum Gasteiger partial charge on any atom is -0.398 e. The maximum Gasteiger partial charge on any atom is 0.243 e. The van der Waals surface area contributed by atoms with Crippen LogP contribution in [0.15, 0.2) is 17.0 Å². The van der Waals surface area contributed by atoms with Crippen molar-refractivity contribution in [1.82, 2.24) is 4.72 Å². The number of nitrogens with one attached hydrogen (secondary N) is 1. The normalized spacial score (nSPS) is 13.1.